The molecule has 0 heterocycles. The van der Waals surface area contributed by atoms with Crippen LogP contribution in [-0.2, 0) is 9.84 Å². The second-order valence-corrected chi connectivity index (χ2v) is 8.25. The molecule has 0 radical (unpaired) electrons. The minimum absolute atomic E-state index is 0.144. The largest absolute Gasteiger partial charge is 0.388 e. The summed E-state index contributed by atoms with van der Waals surface area (Å²) in [5.41, 5.74) is 0.895. The Morgan fingerprint density at radius 3 is 2.18 bits per heavy atom. The van der Waals surface area contributed by atoms with Crippen LogP contribution in [0.1, 0.15) is 18.1 Å². The van der Waals surface area contributed by atoms with Crippen LogP contribution in [0.15, 0.2) is 65.6 Å². The van der Waals surface area contributed by atoms with Crippen molar-refractivity contribution < 1.29 is 13.5 Å². The molecular weight excluding hydrogens is 316 g/mol. The summed E-state index contributed by atoms with van der Waals surface area (Å²) in [6.07, 6.45) is 0.0839. The maximum atomic E-state index is 12.1. The molecular formula is C17H20O3S2. The van der Waals surface area contributed by atoms with Gasteiger partial charge in [-0.05, 0) is 29.9 Å². The minimum Gasteiger partial charge on any atom is -0.388 e. The predicted molar refractivity (Wildman–Crippen MR) is 91.8 cm³/mol. The van der Waals surface area contributed by atoms with Crippen molar-refractivity contribution in [2.75, 3.05) is 17.3 Å². The smallest absolute Gasteiger partial charge is 0.178 e. The number of benzene rings is 2. The Kier molecular flexibility index (Phi) is 6.49. The third kappa shape index (κ3) is 5.16. The number of sulfone groups is 1. The molecule has 2 aromatic carbocycles. The summed E-state index contributed by atoms with van der Waals surface area (Å²) in [4.78, 5) is 0.379. The first-order chi connectivity index (χ1) is 10.6. The minimum atomic E-state index is -3.19. The zero-order valence-corrected chi connectivity index (χ0v) is 13.9. The number of aliphatic hydroxyl groups is 1. The standard InChI is InChI=1S/C17H20O3S2/c18-17(15-8-3-1-4-9-15)14-21-12-7-13-22(19,20)16-10-5-2-6-11-16/h1-6,8-11,17-18H,7,12-14H2. The molecule has 2 aromatic rings. The van der Waals surface area contributed by atoms with Crippen LogP contribution in [0.25, 0.3) is 0 Å². The van der Waals surface area contributed by atoms with Crippen molar-refractivity contribution in [2.45, 2.75) is 17.4 Å². The molecule has 0 saturated heterocycles. The molecule has 118 valence electrons. The van der Waals surface area contributed by atoms with Gasteiger partial charge in [-0.2, -0.15) is 11.8 Å². The van der Waals surface area contributed by atoms with Gasteiger partial charge in [0.25, 0.3) is 0 Å². The molecule has 0 aliphatic heterocycles. The van der Waals surface area contributed by atoms with Crippen LogP contribution in [0.3, 0.4) is 0 Å². The van der Waals surface area contributed by atoms with Crippen molar-refractivity contribution >= 4 is 21.6 Å². The van der Waals surface area contributed by atoms with Crippen LogP contribution in [0.4, 0.5) is 0 Å². The van der Waals surface area contributed by atoms with Gasteiger partial charge in [-0.1, -0.05) is 48.5 Å². The van der Waals surface area contributed by atoms with Gasteiger partial charge in [-0.25, -0.2) is 8.42 Å². The van der Waals surface area contributed by atoms with Gasteiger partial charge in [0.2, 0.25) is 0 Å². The summed E-state index contributed by atoms with van der Waals surface area (Å²) in [6.45, 7) is 0. The van der Waals surface area contributed by atoms with E-state index in [-0.39, 0.29) is 5.75 Å². The van der Waals surface area contributed by atoms with E-state index >= 15 is 0 Å². The Morgan fingerprint density at radius 2 is 1.55 bits per heavy atom. The first-order valence-electron chi connectivity index (χ1n) is 7.18. The summed E-state index contributed by atoms with van der Waals surface area (Å²) in [5.74, 6) is 1.44. The van der Waals surface area contributed by atoms with Crippen LogP contribution in [0.5, 0.6) is 0 Å². The van der Waals surface area contributed by atoms with Crippen LogP contribution >= 0.6 is 11.8 Å². The third-order valence-electron chi connectivity index (χ3n) is 3.26. The lowest BCUT2D eigenvalue weighted by Gasteiger charge is -2.10. The summed E-state index contributed by atoms with van der Waals surface area (Å²) in [5, 5.41) is 10.0. The molecule has 0 saturated carbocycles. The van der Waals surface area contributed by atoms with E-state index in [4.69, 9.17) is 0 Å². The molecule has 0 amide bonds. The highest BCUT2D eigenvalue weighted by Gasteiger charge is 2.13. The van der Waals surface area contributed by atoms with Gasteiger partial charge in [0.05, 0.1) is 16.8 Å². The van der Waals surface area contributed by atoms with Gasteiger partial charge in [-0.3, -0.25) is 0 Å². The van der Waals surface area contributed by atoms with Crippen molar-refractivity contribution in [2.24, 2.45) is 0 Å². The number of rotatable bonds is 8. The molecule has 0 aliphatic rings. The van der Waals surface area contributed by atoms with Gasteiger partial charge in [-0.15, -0.1) is 0 Å². The average molecular weight is 336 g/mol. The Labute approximate surface area is 136 Å². The summed E-state index contributed by atoms with van der Waals surface area (Å²) >= 11 is 1.58. The summed E-state index contributed by atoms with van der Waals surface area (Å²) in [6, 6.07) is 18.0. The van der Waals surface area contributed by atoms with E-state index in [0.29, 0.717) is 17.1 Å². The van der Waals surface area contributed by atoms with Crippen molar-refractivity contribution in [1.82, 2.24) is 0 Å². The lowest BCUT2D eigenvalue weighted by Crippen LogP contribution is -2.08. The van der Waals surface area contributed by atoms with E-state index < -0.39 is 15.9 Å². The fourth-order valence-corrected chi connectivity index (χ4v) is 4.51. The molecule has 1 N–H and O–H groups in total. The average Bonchev–Trinajstić information content (AvgIpc) is 2.56. The fourth-order valence-electron chi connectivity index (χ4n) is 2.06. The highest BCUT2D eigenvalue weighted by atomic mass is 32.2. The van der Waals surface area contributed by atoms with Crippen molar-refractivity contribution in [3.63, 3.8) is 0 Å². The normalized spacial score (nSPS) is 13.0. The fraction of sp³-hybridized carbons (Fsp3) is 0.294. The first-order valence-corrected chi connectivity index (χ1v) is 9.99. The molecule has 1 atom stereocenters. The van der Waals surface area contributed by atoms with Crippen molar-refractivity contribution in [3.05, 3.63) is 66.2 Å². The topological polar surface area (TPSA) is 54.4 Å². The van der Waals surface area contributed by atoms with E-state index in [1.165, 1.54) is 0 Å². The zero-order chi connectivity index (χ0) is 15.8. The quantitative estimate of drug-likeness (QED) is 0.751. The molecule has 0 aromatic heterocycles. The molecule has 3 nitrogen and oxygen atoms in total. The Balaban J connectivity index is 1.72. The molecule has 1 unspecified atom stereocenters. The summed E-state index contributed by atoms with van der Waals surface area (Å²) in [7, 11) is -3.19. The number of aliphatic hydroxyl groups excluding tert-OH is 1. The van der Waals surface area contributed by atoms with E-state index in [1.54, 1.807) is 42.1 Å². The van der Waals surface area contributed by atoms with E-state index in [1.807, 2.05) is 30.3 Å². The maximum absolute atomic E-state index is 12.1. The molecule has 0 aliphatic carbocycles. The number of thioether (sulfide) groups is 1. The number of hydrogen-bond acceptors (Lipinski definition) is 4. The predicted octanol–water partition coefficient (Wildman–Crippen LogP) is 3.32. The van der Waals surface area contributed by atoms with Crippen LogP contribution < -0.4 is 0 Å². The Bertz CT molecular complexity index is 655. The van der Waals surface area contributed by atoms with Crippen molar-refractivity contribution in [1.29, 1.82) is 0 Å². The Hall–Kier alpha value is -1.30. The maximum Gasteiger partial charge on any atom is 0.178 e. The van der Waals surface area contributed by atoms with E-state index in [9.17, 15) is 13.5 Å². The highest BCUT2D eigenvalue weighted by molar-refractivity contribution is 7.99. The van der Waals surface area contributed by atoms with Crippen LogP contribution in [0, 0.1) is 0 Å². The third-order valence-corrected chi connectivity index (χ3v) is 6.21. The second-order valence-electron chi connectivity index (χ2n) is 4.99. The second kappa shape index (κ2) is 8.36. The lowest BCUT2D eigenvalue weighted by molar-refractivity contribution is 0.204. The van der Waals surface area contributed by atoms with E-state index in [0.717, 1.165) is 11.3 Å². The summed E-state index contributed by atoms with van der Waals surface area (Å²) < 4.78 is 24.2. The number of hydrogen-bond donors (Lipinski definition) is 1. The zero-order valence-electron chi connectivity index (χ0n) is 12.3. The highest BCUT2D eigenvalue weighted by Crippen LogP contribution is 2.19. The first kappa shape index (κ1) is 17.1. The molecule has 0 fully saturated rings. The van der Waals surface area contributed by atoms with Crippen LogP contribution in [0.2, 0.25) is 0 Å². The molecule has 0 bridgehead atoms. The van der Waals surface area contributed by atoms with Gasteiger partial charge >= 0.3 is 0 Å². The monoisotopic (exact) mass is 336 g/mol. The van der Waals surface area contributed by atoms with E-state index in [2.05, 4.69) is 0 Å². The van der Waals surface area contributed by atoms with Crippen LogP contribution in [-0.4, -0.2) is 30.8 Å². The molecule has 0 spiro atoms. The SMILES string of the molecule is O=S(=O)(CCCSCC(O)c1ccccc1)c1ccccc1. The van der Waals surface area contributed by atoms with Gasteiger partial charge in [0.1, 0.15) is 0 Å². The molecule has 2 rings (SSSR count). The molecule has 5 heteroatoms. The van der Waals surface area contributed by atoms with Gasteiger partial charge < -0.3 is 5.11 Å². The lowest BCUT2D eigenvalue weighted by atomic mass is 10.1. The van der Waals surface area contributed by atoms with Gasteiger partial charge in [0.15, 0.2) is 9.84 Å². The molecule has 22 heavy (non-hydrogen) atoms. The Morgan fingerprint density at radius 1 is 0.955 bits per heavy atom. The van der Waals surface area contributed by atoms with Crippen molar-refractivity contribution in [3.8, 4) is 0 Å². The van der Waals surface area contributed by atoms with Gasteiger partial charge in [0, 0.05) is 5.75 Å².